The van der Waals surface area contributed by atoms with Gasteiger partial charge in [-0.3, -0.25) is 4.79 Å². The Morgan fingerprint density at radius 2 is 1.18 bits per heavy atom. The molecule has 0 aromatic heterocycles. The summed E-state index contributed by atoms with van der Waals surface area (Å²) in [4.78, 5) is 12.6. The van der Waals surface area contributed by atoms with Crippen molar-refractivity contribution in [1.82, 2.24) is 0 Å². The molecule has 65 heavy (non-hydrogen) atoms. The zero-order valence-electron chi connectivity index (χ0n) is 38.1. The molecule has 0 saturated carbocycles. The lowest BCUT2D eigenvalue weighted by Gasteiger charge is -2.48. The number of carbonyl (C=O) groups is 1. The van der Waals surface area contributed by atoms with Gasteiger partial charge in [0.05, 0.1) is 80.2 Å². The molecular formula is C48H76O17. The predicted octanol–water partition coefficient (Wildman–Crippen LogP) is 0.899. The third kappa shape index (κ3) is 17.9. The van der Waals surface area contributed by atoms with Crippen LogP contribution in [0.4, 0.5) is 0 Å². The number of carbonyl (C=O) groups excluding carboxylic acids is 1. The normalized spacial score (nSPS) is 46.7. The molecule has 0 aromatic carbocycles. The largest absolute Gasteiger partial charge is 0.462 e. The quantitative estimate of drug-likeness (QED) is 0.175. The van der Waals surface area contributed by atoms with E-state index < -0.39 is 147 Å². The fraction of sp³-hybridized carbons (Fsp3) is 0.688. The molecule has 2 saturated heterocycles. The summed E-state index contributed by atoms with van der Waals surface area (Å²) in [5.74, 6) is -5.87. The van der Waals surface area contributed by atoms with E-state index >= 15 is 0 Å². The van der Waals surface area contributed by atoms with Gasteiger partial charge in [-0.25, -0.2) is 0 Å². The maximum atomic E-state index is 12.6. The SMILES string of the molecule is CC1/C=C/C=C/C=C/C=C/C=C/C=C/C=C/C(OC2OC(C)C(O)C(C)C2O)CC2OC(O)(CC(O)CC(O)C(O)CCC(O)CC(O)CC(=O)OC(C)C(C)C1O)C(O)C(O)C2CO. The first kappa shape index (κ1) is 56.4. The van der Waals surface area contributed by atoms with Gasteiger partial charge in [0.15, 0.2) is 12.1 Å². The van der Waals surface area contributed by atoms with Crippen molar-refractivity contribution in [3.05, 3.63) is 85.1 Å². The summed E-state index contributed by atoms with van der Waals surface area (Å²) >= 11 is 0. The Kier molecular flexibility index (Phi) is 24.1. The molecule has 3 heterocycles. The molecule has 0 radical (unpaired) electrons. The number of cyclic esters (lactones) is 1. The van der Waals surface area contributed by atoms with Crippen molar-refractivity contribution < 1.29 is 85.0 Å². The van der Waals surface area contributed by atoms with Gasteiger partial charge in [0.1, 0.15) is 18.3 Å². The van der Waals surface area contributed by atoms with Crippen LogP contribution in [0.25, 0.3) is 0 Å². The molecule has 0 aromatic rings. The average Bonchev–Trinajstić information content (AvgIpc) is 3.24. The van der Waals surface area contributed by atoms with Crippen molar-refractivity contribution in [2.24, 2.45) is 23.7 Å². The zero-order chi connectivity index (χ0) is 48.4. The highest BCUT2D eigenvalue weighted by Gasteiger charge is 2.54. The number of rotatable bonds is 3. The minimum atomic E-state index is -2.63. The summed E-state index contributed by atoms with van der Waals surface area (Å²) < 4.78 is 23.4. The minimum absolute atomic E-state index is 0.109. The Balaban J connectivity index is 1.86. The van der Waals surface area contributed by atoms with Crippen molar-refractivity contribution in [2.75, 3.05) is 6.61 Å². The van der Waals surface area contributed by atoms with E-state index in [0.29, 0.717) is 0 Å². The molecule has 2 bridgehead atoms. The molecule has 0 amide bonds. The van der Waals surface area contributed by atoms with Crippen LogP contribution in [0, 0.1) is 23.7 Å². The van der Waals surface area contributed by atoms with Crippen LogP contribution in [0.15, 0.2) is 85.1 Å². The lowest BCUT2D eigenvalue weighted by Crippen LogP contribution is -2.64. The predicted molar refractivity (Wildman–Crippen MR) is 239 cm³/mol. The van der Waals surface area contributed by atoms with Crippen molar-refractivity contribution in [3.63, 3.8) is 0 Å². The van der Waals surface area contributed by atoms with Gasteiger partial charge < -0.3 is 80.2 Å². The lowest BCUT2D eigenvalue weighted by molar-refractivity contribution is -0.352. The van der Waals surface area contributed by atoms with Gasteiger partial charge in [-0.05, 0) is 33.1 Å². The summed E-state index contributed by atoms with van der Waals surface area (Å²) in [6.45, 7) is 7.80. The van der Waals surface area contributed by atoms with Crippen molar-refractivity contribution in [2.45, 2.75) is 177 Å². The Morgan fingerprint density at radius 1 is 0.615 bits per heavy atom. The Hall–Kier alpha value is -2.95. The lowest BCUT2D eigenvalue weighted by atomic mass is 9.81. The third-order valence-corrected chi connectivity index (χ3v) is 12.6. The summed E-state index contributed by atoms with van der Waals surface area (Å²) in [7, 11) is 0. The number of hydrogen-bond acceptors (Lipinski definition) is 17. The molecule has 3 aliphatic heterocycles. The number of allylic oxidation sites excluding steroid dienone is 12. The fourth-order valence-corrected chi connectivity index (χ4v) is 8.12. The average molecular weight is 925 g/mol. The van der Waals surface area contributed by atoms with Crippen LogP contribution in [-0.2, 0) is 23.7 Å². The van der Waals surface area contributed by atoms with Crippen molar-refractivity contribution >= 4 is 5.97 Å². The zero-order valence-corrected chi connectivity index (χ0v) is 38.1. The van der Waals surface area contributed by atoms with Crippen LogP contribution in [0.5, 0.6) is 0 Å². The number of hydrogen-bond donors (Lipinski definition) is 12. The van der Waals surface area contributed by atoms with Gasteiger partial charge in [-0.15, -0.1) is 0 Å². The van der Waals surface area contributed by atoms with E-state index in [0.717, 1.165) is 0 Å². The van der Waals surface area contributed by atoms with Gasteiger partial charge in [-0.2, -0.15) is 0 Å². The number of ether oxygens (including phenoxy) is 4. The molecule has 12 N–H and O–H groups in total. The van der Waals surface area contributed by atoms with E-state index in [1.165, 1.54) is 0 Å². The molecule has 3 aliphatic rings. The second-order valence-corrected chi connectivity index (χ2v) is 17.9. The Bertz CT molecular complexity index is 1610. The van der Waals surface area contributed by atoms with E-state index in [9.17, 15) is 66.1 Å². The second-order valence-electron chi connectivity index (χ2n) is 17.9. The van der Waals surface area contributed by atoms with Gasteiger partial charge in [0.25, 0.3) is 0 Å². The van der Waals surface area contributed by atoms with E-state index in [1.54, 1.807) is 70.2 Å². The number of fused-ring (bicyclic) bond motifs is 2. The molecule has 20 unspecified atom stereocenters. The van der Waals surface area contributed by atoms with Crippen LogP contribution in [-0.4, -0.2) is 171 Å². The minimum Gasteiger partial charge on any atom is -0.462 e. The van der Waals surface area contributed by atoms with E-state index in [-0.39, 0.29) is 31.6 Å². The van der Waals surface area contributed by atoms with Crippen LogP contribution in [0.3, 0.4) is 0 Å². The Labute approximate surface area is 382 Å². The van der Waals surface area contributed by atoms with Gasteiger partial charge in [0.2, 0.25) is 0 Å². The molecule has 17 heteroatoms. The number of esters is 1. The highest BCUT2D eigenvalue weighted by atomic mass is 16.7. The second kappa shape index (κ2) is 27.8. The number of aliphatic hydroxyl groups excluding tert-OH is 11. The monoisotopic (exact) mass is 925 g/mol. The highest BCUT2D eigenvalue weighted by Crippen LogP contribution is 2.38. The van der Waals surface area contributed by atoms with Crippen LogP contribution in [0.1, 0.15) is 79.6 Å². The van der Waals surface area contributed by atoms with E-state index in [2.05, 4.69) is 0 Å². The van der Waals surface area contributed by atoms with Crippen LogP contribution >= 0.6 is 0 Å². The fourth-order valence-electron chi connectivity index (χ4n) is 8.12. The maximum Gasteiger partial charge on any atom is 0.308 e. The van der Waals surface area contributed by atoms with E-state index in [1.807, 2.05) is 49.5 Å². The molecule has 370 valence electrons. The summed E-state index contributed by atoms with van der Waals surface area (Å²) in [5.41, 5.74) is 0. The molecule has 20 atom stereocenters. The first-order valence-corrected chi connectivity index (χ1v) is 22.7. The van der Waals surface area contributed by atoms with Crippen LogP contribution < -0.4 is 0 Å². The first-order chi connectivity index (χ1) is 30.7. The first-order valence-electron chi connectivity index (χ1n) is 22.7. The smallest absolute Gasteiger partial charge is 0.308 e. The third-order valence-electron chi connectivity index (χ3n) is 12.6. The molecular weight excluding hydrogens is 849 g/mol. The van der Waals surface area contributed by atoms with Gasteiger partial charge >= 0.3 is 5.97 Å². The molecule has 2 fully saturated rings. The number of aliphatic hydroxyl groups is 12. The van der Waals surface area contributed by atoms with Crippen molar-refractivity contribution in [1.29, 1.82) is 0 Å². The summed E-state index contributed by atoms with van der Waals surface area (Å²) in [5, 5.41) is 130. The molecule has 3 rings (SSSR count). The topological polar surface area (TPSA) is 297 Å². The molecule has 0 aliphatic carbocycles. The maximum absolute atomic E-state index is 12.6. The van der Waals surface area contributed by atoms with Gasteiger partial charge in [-0.1, -0.05) is 106 Å². The standard InChI is InChI=1S/C48H76O17/c1-28-18-16-14-12-10-8-6-7-9-11-13-15-17-19-36(64-47-44(58)30(3)43(57)32(5)63-47)25-40-37(27-49)45(59)46(60)48(61,65-40)26-35(52)23-39(54)38(53)21-20-33(50)22-34(51)24-41(55)62-31(4)29(2)42(28)56/h6-19,28-40,42-47,49-54,56-61H,20-27H2,1-5H3/b7-6+,10-8+,11-9+,14-12+,15-13+,18-16+,19-17+. The van der Waals surface area contributed by atoms with E-state index in [4.69, 9.17) is 18.9 Å². The van der Waals surface area contributed by atoms with Crippen molar-refractivity contribution in [3.8, 4) is 0 Å². The Morgan fingerprint density at radius 3 is 1.77 bits per heavy atom. The molecule has 17 nitrogen and oxygen atoms in total. The summed E-state index contributed by atoms with van der Waals surface area (Å²) in [6, 6.07) is 0. The van der Waals surface area contributed by atoms with Crippen LogP contribution in [0.2, 0.25) is 0 Å². The summed E-state index contributed by atoms with van der Waals surface area (Å²) in [6.07, 6.45) is 3.45. The molecule has 0 spiro atoms. The van der Waals surface area contributed by atoms with Gasteiger partial charge in [0, 0.05) is 42.9 Å². The highest BCUT2D eigenvalue weighted by molar-refractivity contribution is 5.70.